The zero-order chi connectivity index (χ0) is 21.1. The number of amides is 2. The van der Waals surface area contributed by atoms with Crippen molar-refractivity contribution in [3.05, 3.63) is 36.3 Å². The van der Waals surface area contributed by atoms with Crippen LogP contribution in [-0.4, -0.2) is 70.5 Å². The molecule has 9 heteroatoms. The maximum Gasteiger partial charge on any atom is 0.317 e. The first-order valence-corrected chi connectivity index (χ1v) is 10.2. The summed E-state index contributed by atoms with van der Waals surface area (Å²) < 4.78 is 7.07. The third-order valence-corrected chi connectivity index (χ3v) is 5.23. The van der Waals surface area contributed by atoms with Crippen molar-refractivity contribution in [1.29, 1.82) is 0 Å². The SMILES string of the molecule is CCCNC(=O)N1CCN(c2nc(C)nc3c2cnn3-c2ccc(OC)cc2)CC1. The molecule has 2 amide bonds. The molecular weight excluding hydrogens is 382 g/mol. The molecule has 0 bridgehead atoms. The number of urea groups is 1. The monoisotopic (exact) mass is 409 g/mol. The van der Waals surface area contributed by atoms with E-state index in [9.17, 15) is 4.79 Å². The number of hydrogen-bond acceptors (Lipinski definition) is 6. The highest BCUT2D eigenvalue weighted by Crippen LogP contribution is 2.27. The molecular formula is C21H27N7O2. The number of carbonyl (C=O) groups excluding carboxylic acids is 1. The van der Waals surface area contributed by atoms with E-state index in [1.807, 2.05) is 53.9 Å². The number of piperazine rings is 1. The maximum atomic E-state index is 12.2. The highest BCUT2D eigenvalue weighted by molar-refractivity contribution is 5.88. The molecule has 9 nitrogen and oxygen atoms in total. The van der Waals surface area contributed by atoms with E-state index in [0.29, 0.717) is 25.5 Å². The maximum absolute atomic E-state index is 12.2. The van der Waals surface area contributed by atoms with Crippen LogP contribution in [0.5, 0.6) is 5.75 Å². The lowest BCUT2D eigenvalue weighted by Gasteiger charge is -2.35. The van der Waals surface area contributed by atoms with Crippen molar-refractivity contribution in [2.24, 2.45) is 0 Å². The number of hydrogen-bond donors (Lipinski definition) is 1. The van der Waals surface area contributed by atoms with Crippen LogP contribution in [0.1, 0.15) is 19.2 Å². The lowest BCUT2D eigenvalue weighted by atomic mass is 10.2. The van der Waals surface area contributed by atoms with Crippen molar-refractivity contribution in [3.63, 3.8) is 0 Å². The Kier molecular flexibility index (Phi) is 5.69. The van der Waals surface area contributed by atoms with Gasteiger partial charge in [-0.05, 0) is 37.6 Å². The normalized spacial score (nSPS) is 14.2. The highest BCUT2D eigenvalue weighted by Gasteiger charge is 2.24. The summed E-state index contributed by atoms with van der Waals surface area (Å²) >= 11 is 0. The summed E-state index contributed by atoms with van der Waals surface area (Å²) in [4.78, 5) is 25.6. The third-order valence-electron chi connectivity index (χ3n) is 5.23. The molecule has 0 saturated carbocycles. The molecule has 1 aliphatic heterocycles. The van der Waals surface area contributed by atoms with Gasteiger partial charge in [-0.2, -0.15) is 5.10 Å². The van der Waals surface area contributed by atoms with E-state index in [4.69, 9.17) is 9.72 Å². The molecule has 1 fully saturated rings. The van der Waals surface area contributed by atoms with Crippen LogP contribution in [0.4, 0.5) is 10.6 Å². The van der Waals surface area contributed by atoms with Crippen LogP contribution in [0.15, 0.2) is 30.5 Å². The number of benzene rings is 1. The molecule has 0 spiro atoms. The summed E-state index contributed by atoms with van der Waals surface area (Å²) in [6.07, 6.45) is 2.75. The van der Waals surface area contributed by atoms with Gasteiger partial charge in [0.15, 0.2) is 5.65 Å². The van der Waals surface area contributed by atoms with Crippen molar-refractivity contribution in [1.82, 2.24) is 30.0 Å². The Morgan fingerprint density at radius 2 is 1.87 bits per heavy atom. The topological polar surface area (TPSA) is 88.4 Å². The summed E-state index contributed by atoms with van der Waals surface area (Å²) in [5, 5.41) is 8.42. The molecule has 0 radical (unpaired) electrons. The molecule has 158 valence electrons. The average Bonchev–Trinajstić information content (AvgIpc) is 3.20. The van der Waals surface area contributed by atoms with E-state index in [0.717, 1.165) is 47.8 Å². The fourth-order valence-electron chi connectivity index (χ4n) is 3.62. The van der Waals surface area contributed by atoms with Gasteiger partial charge < -0.3 is 19.9 Å². The van der Waals surface area contributed by atoms with Gasteiger partial charge in [-0.25, -0.2) is 19.4 Å². The molecule has 2 aromatic heterocycles. The first-order chi connectivity index (χ1) is 14.6. The summed E-state index contributed by atoms with van der Waals surface area (Å²) in [6, 6.07) is 7.72. The van der Waals surface area contributed by atoms with Crippen LogP contribution in [-0.2, 0) is 0 Å². The summed E-state index contributed by atoms with van der Waals surface area (Å²) in [7, 11) is 1.65. The second-order valence-electron chi connectivity index (χ2n) is 7.29. The lowest BCUT2D eigenvalue weighted by molar-refractivity contribution is 0.194. The quantitative estimate of drug-likeness (QED) is 0.696. The van der Waals surface area contributed by atoms with E-state index in [1.165, 1.54) is 0 Å². The van der Waals surface area contributed by atoms with Crippen molar-refractivity contribution in [3.8, 4) is 11.4 Å². The van der Waals surface area contributed by atoms with Crippen LogP contribution in [0.2, 0.25) is 0 Å². The molecule has 0 atom stereocenters. The number of anilines is 1. The Morgan fingerprint density at radius 3 is 2.53 bits per heavy atom. The van der Waals surface area contributed by atoms with Gasteiger partial charge in [0.25, 0.3) is 0 Å². The minimum absolute atomic E-state index is 0.00726. The van der Waals surface area contributed by atoms with Crippen molar-refractivity contribution in [2.45, 2.75) is 20.3 Å². The van der Waals surface area contributed by atoms with E-state index in [1.54, 1.807) is 7.11 Å². The summed E-state index contributed by atoms with van der Waals surface area (Å²) in [5.41, 5.74) is 1.68. The molecule has 4 rings (SSSR count). The number of nitrogens with one attached hydrogen (secondary N) is 1. The smallest absolute Gasteiger partial charge is 0.317 e. The van der Waals surface area contributed by atoms with Gasteiger partial charge in [0.1, 0.15) is 17.4 Å². The van der Waals surface area contributed by atoms with Gasteiger partial charge in [0.2, 0.25) is 0 Å². The van der Waals surface area contributed by atoms with Gasteiger partial charge in [0, 0.05) is 32.7 Å². The predicted octanol–water partition coefficient (Wildman–Crippen LogP) is 2.37. The number of carbonyl (C=O) groups is 1. The minimum Gasteiger partial charge on any atom is -0.497 e. The third kappa shape index (κ3) is 3.87. The van der Waals surface area contributed by atoms with Crippen LogP contribution in [0.3, 0.4) is 0 Å². The Balaban J connectivity index is 1.58. The summed E-state index contributed by atoms with van der Waals surface area (Å²) in [6.45, 7) is 7.40. The van der Waals surface area contributed by atoms with Crippen LogP contribution in [0, 0.1) is 6.92 Å². The number of rotatable bonds is 5. The molecule has 3 aromatic rings. The molecule has 1 N–H and O–H groups in total. The molecule has 3 heterocycles. The van der Waals surface area contributed by atoms with E-state index in [-0.39, 0.29) is 6.03 Å². The van der Waals surface area contributed by atoms with Gasteiger partial charge in [-0.3, -0.25) is 0 Å². The van der Waals surface area contributed by atoms with Gasteiger partial charge in [-0.15, -0.1) is 0 Å². The molecule has 0 unspecified atom stereocenters. The zero-order valence-corrected chi connectivity index (χ0v) is 17.6. The van der Waals surface area contributed by atoms with Crippen molar-refractivity contribution >= 4 is 22.9 Å². The van der Waals surface area contributed by atoms with E-state index < -0.39 is 0 Å². The fourth-order valence-corrected chi connectivity index (χ4v) is 3.62. The molecule has 0 aliphatic carbocycles. The second kappa shape index (κ2) is 8.56. The Hall–Kier alpha value is -3.36. The lowest BCUT2D eigenvalue weighted by Crippen LogP contribution is -2.52. The van der Waals surface area contributed by atoms with Crippen LogP contribution < -0.4 is 15.0 Å². The average molecular weight is 409 g/mol. The van der Waals surface area contributed by atoms with Crippen molar-refractivity contribution < 1.29 is 9.53 Å². The minimum atomic E-state index is 0.00726. The van der Waals surface area contributed by atoms with Gasteiger partial charge in [0.05, 0.1) is 24.4 Å². The van der Waals surface area contributed by atoms with Crippen LogP contribution in [0.25, 0.3) is 16.7 Å². The first kappa shape index (κ1) is 19.9. The molecule has 1 saturated heterocycles. The predicted molar refractivity (Wildman–Crippen MR) is 115 cm³/mol. The molecule has 1 aliphatic rings. The first-order valence-electron chi connectivity index (χ1n) is 10.2. The van der Waals surface area contributed by atoms with Crippen LogP contribution >= 0.6 is 0 Å². The van der Waals surface area contributed by atoms with E-state index in [2.05, 4.69) is 20.3 Å². The van der Waals surface area contributed by atoms with Crippen molar-refractivity contribution in [2.75, 3.05) is 44.7 Å². The number of nitrogens with zero attached hydrogens (tertiary/aromatic N) is 6. The zero-order valence-electron chi connectivity index (χ0n) is 17.6. The van der Waals surface area contributed by atoms with Gasteiger partial charge in [-0.1, -0.05) is 6.92 Å². The standard InChI is InChI=1S/C21H27N7O2/c1-4-9-22-21(29)27-12-10-26(11-13-27)19-18-14-23-28(20(18)25-15(2)24-19)16-5-7-17(30-3)8-6-16/h5-8,14H,4,9-13H2,1-3H3,(H,22,29). The largest absolute Gasteiger partial charge is 0.497 e. The van der Waals surface area contributed by atoms with E-state index >= 15 is 0 Å². The number of aryl methyl sites for hydroxylation is 1. The number of ether oxygens (including phenoxy) is 1. The summed E-state index contributed by atoms with van der Waals surface area (Å²) in [5.74, 6) is 2.35. The van der Waals surface area contributed by atoms with Gasteiger partial charge >= 0.3 is 6.03 Å². The Labute approximate surface area is 175 Å². The number of aromatic nitrogens is 4. The second-order valence-corrected chi connectivity index (χ2v) is 7.29. The Morgan fingerprint density at radius 1 is 1.13 bits per heavy atom. The fraction of sp³-hybridized carbons (Fsp3) is 0.429. The molecule has 30 heavy (non-hydrogen) atoms. The number of fused-ring (bicyclic) bond motifs is 1. The Bertz CT molecular complexity index is 1020. The number of methoxy groups -OCH3 is 1. The highest BCUT2D eigenvalue weighted by atomic mass is 16.5. The molecule has 1 aromatic carbocycles.